The average molecular weight is 284 g/mol. The lowest BCUT2D eigenvalue weighted by molar-refractivity contribution is -0.130. The lowest BCUT2D eigenvalue weighted by atomic mass is 10.2. The second-order valence-electron chi connectivity index (χ2n) is 4.49. The minimum absolute atomic E-state index is 0.0780. The van der Waals surface area contributed by atoms with Gasteiger partial charge in [-0.1, -0.05) is 12.1 Å². The lowest BCUT2D eigenvalue weighted by Gasteiger charge is -2.22. The van der Waals surface area contributed by atoms with Crippen molar-refractivity contribution < 1.29 is 13.2 Å². The van der Waals surface area contributed by atoms with Crippen LogP contribution in [0.4, 0.5) is 5.69 Å². The number of nitrogens with one attached hydrogen (secondary N) is 1. The van der Waals surface area contributed by atoms with Crippen molar-refractivity contribution in [1.29, 1.82) is 0 Å². The van der Waals surface area contributed by atoms with Crippen molar-refractivity contribution in [3.8, 4) is 0 Å². The van der Waals surface area contributed by atoms with Gasteiger partial charge in [-0.05, 0) is 26.0 Å². The number of carbonyl (C=O) groups excluding carboxylic acids is 1. The maximum atomic E-state index is 12.0. The Kier molecular flexibility index (Phi) is 4.94. The van der Waals surface area contributed by atoms with E-state index in [0.29, 0.717) is 12.2 Å². The molecule has 1 aromatic rings. The van der Waals surface area contributed by atoms with Crippen molar-refractivity contribution in [1.82, 2.24) is 4.90 Å². The molecule has 19 heavy (non-hydrogen) atoms. The first-order valence-corrected chi connectivity index (χ1v) is 7.97. The topological polar surface area (TPSA) is 66.5 Å². The molecule has 1 unspecified atom stereocenters. The van der Waals surface area contributed by atoms with Crippen LogP contribution >= 0.6 is 0 Å². The van der Waals surface area contributed by atoms with Gasteiger partial charge in [0.2, 0.25) is 5.91 Å². The van der Waals surface area contributed by atoms with Crippen molar-refractivity contribution in [2.24, 2.45) is 0 Å². The number of hydrogen-bond donors (Lipinski definition) is 1. The molecule has 106 valence electrons. The molecule has 1 atom stereocenters. The van der Waals surface area contributed by atoms with Crippen molar-refractivity contribution in [3.05, 3.63) is 24.3 Å². The zero-order valence-electron chi connectivity index (χ0n) is 11.7. The Morgan fingerprint density at radius 3 is 2.47 bits per heavy atom. The molecule has 6 heteroatoms. The number of para-hydroxylation sites is 1. The molecule has 0 spiro atoms. The van der Waals surface area contributed by atoms with Gasteiger partial charge < -0.3 is 10.2 Å². The summed E-state index contributed by atoms with van der Waals surface area (Å²) in [6, 6.07) is 6.10. The number of sulfone groups is 1. The van der Waals surface area contributed by atoms with E-state index in [1.807, 2.05) is 6.92 Å². The molecule has 1 rings (SSSR count). The van der Waals surface area contributed by atoms with Gasteiger partial charge in [0, 0.05) is 19.8 Å². The number of benzene rings is 1. The van der Waals surface area contributed by atoms with Crippen LogP contribution in [0.25, 0.3) is 0 Å². The van der Waals surface area contributed by atoms with Crippen molar-refractivity contribution in [2.75, 3.05) is 25.2 Å². The Morgan fingerprint density at radius 2 is 1.95 bits per heavy atom. The zero-order chi connectivity index (χ0) is 14.6. The van der Waals surface area contributed by atoms with E-state index in [9.17, 15) is 13.2 Å². The molecular formula is C13H20N2O3S. The average Bonchev–Trinajstić information content (AvgIpc) is 2.36. The van der Waals surface area contributed by atoms with E-state index in [4.69, 9.17) is 0 Å². The molecule has 0 aliphatic heterocycles. The number of rotatable bonds is 5. The van der Waals surface area contributed by atoms with E-state index in [0.717, 1.165) is 6.26 Å². The first-order valence-electron chi connectivity index (χ1n) is 6.08. The molecule has 0 heterocycles. The molecule has 0 aliphatic carbocycles. The quantitative estimate of drug-likeness (QED) is 0.887. The number of amides is 1. The van der Waals surface area contributed by atoms with Gasteiger partial charge in [-0.25, -0.2) is 8.42 Å². The molecular weight excluding hydrogens is 264 g/mol. The highest BCUT2D eigenvalue weighted by molar-refractivity contribution is 7.90. The summed E-state index contributed by atoms with van der Waals surface area (Å²) in [5, 5.41) is 2.96. The summed E-state index contributed by atoms with van der Waals surface area (Å²) in [6.45, 7) is 4.21. The smallest absolute Gasteiger partial charge is 0.244 e. The summed E-state index contributed by atoms with van der Waals surface area (Å²) in [7, 11) is -1.61. The van der Waals surface area contributed by atoms with Gasteiger partial charge >= 0.3 is 0 Å². The first kappa shape index (κ1) is 15.5. The monoisotopic (exact) mass is 284 g/mol. The number of carbonyl (C=O) groups is 1. The van der Waals surface area contributed by atoms with Gasteiger partial charge in [0.15, 0.2) is 9.84 Å². The minimum Gasteiger partial charge on any atom is -0.373 e. The summed E-state index contributed by atoms with van der Waals surface area (Å²) in [4.78, 5) is 13.7. The van der Waals surface area contributed by atoms with Gasteiger partial charge in [0.1, 0.15) is 6.04 Å². The third-order valence-corrected chi connectivity index (χ3v) is 4.03. The van der Waals surface area contributed by atoms with Crippen LogP contribution in [0.5, 0.6) is 0 Å². The minimum atomic E-state index is -3.32. The highest BCUT2D eigenvalue weighted by Crippen LogP contribution is 2.21. The molecule has 0 radical (unpaired) electrons. The van der Waals surface area contributed by atoms with Crippen molar-refractivity contribution >= 4 is 21.4 Å². The highest BCUT2D eigenvalue weighted by atomic mass is 32.2. The summed E-state index contributed by atoms with van der Waals surface area (Å²) in [5.41, 5.74) is 0.454. The van der Waals surface area contributed by atoms with Crippen LogP contribution in [0.15, 0.2) is 29.2 Å². The maximum absolute atomic E-state index is 12.0. The molecule has 1 aromatic carbocycles. The molecule has 0 fully saturated rings. The molecule has 5 nitrogen and oxygen atoms in total. The first-order chi connectivity index (χ1) is 8.77. The number of hydrogen-bond acceptors (Lipinski definition) is 4. The largest absolute Gasteiger partial charge is 0.373 e. The standard InChI is InChI=1S/C13H20N2O3S/c1-5-15(3)13(16)10(2)14-11-8-6-7-9-12(11)19(4,17)18/h6-10,14H,5H2,1-4H3. The zero-order valence-corrected chi connectivity index (χ0v) is 12.5. The van der Waals surface area contributed by atoms with Crippen LogP contribution in [-0.4, -0.2) is 45.1 Å². The Bertz CT molecular complexity index is 555. The SMILES string of the molecule is CCN(C)C(=O)C(C)Nc1ccccc1S(C)(=O)=O. The fourth-order valence-corrected chi connectivity index (χ4v) is 2.54. The molecule has 1 N–H and O–H groups in total. The normalized spacial score (nSPS) is 12.8. The number of likely N-dealkylation sites (N-methyl/N-ethyl adjacent to an activating group) is 1. The van der Waals surface area contributed by atoms with E-state index in [1.165, 1.54) is 6.07 Å². The van der Waals surface area contributed by atoms with Gasteiger partial charge in [-0.3, -0.25) is 4.79 Å². The molecule has 0 aliphatic rings. The molecule has 0 saturated carbocycles. The van der Waals surface area contributed by atoms with Crippen molar-refractivity contribution in [2.45, 2.75) is 24.8 Å². The second-order valence-corrected chi connectivity index (χ2v) is 6.47. The third kappa shape index (κ3) is 3.96. The Balaban J connectivity index is 2.98. The Labute approximate surface area is 114 Å². The molecule has 0 saturated heterocycles. The maximum Gasteiger partial charge on any atom is 0.244 e. The molecule has 1 amide bonds. The van der Waals surface area contributed by atoms with Crippen LogP contribution in [0, 0.1) is 0 Å². The Morgan fingerprint density at radius 1 is 1.37 bits per heavy atom. The summed E-state index contributed by atoms with van der Waals surface area (Å²) >= 11 is 0. The van der Waals surface area contributed by atoms with Crippen LogP contribution in [0.1, 0.15) is 13.8 Å². The predicted molar refractivity (Wildman–Crippen MR) is 75.9 cm³/mol. The molecule has 0 aromatic heterocycles. The fraction of sp³-hybridized carbons (Fsp3) is 0.462. The molecule has 0 bridgehead atoms. The van der Waals surface area contributed by atoms with Gasteiger partial charge in [0.25, 0.3) is 0 Å². The van der Waals surface area contributed by atoms with Crippen molar-refractivity contribution in [3.63, 3.8) is 0 Å². The summed E-state index contributed by atoms with van der Waals surface area (Å²) < 4.78 is 23.3. The van der Waals surface area contributed by atoms with E-state index < -0.39 is 15.9 Å². The van der Waals surface area contributed by atoms with E-state index in [2.05, 4.69) is 5.32 Å². The van der Waals surface area contributed by atoms with Crippen LogP contribution < -0.4 is 5.32 Å². The summed E-state index contributed by atoms with van der Waals surface area (Å²) in [5.74, 6) is -0.0780. The lowest BCUT2D eigenvalue weighted by Crippen LogP contribution is -2.39. The van der Waals surface area contributed by atoms with Crippen LogP contribution in [0.3, 0.4) is 0 Å². The summed E-state index contributed by atoms with van der Waals surface area (Å²) in [6.07, 6.45) is 1.15. The van der Waals surface area contributed by atoms with E-state index >= 15 is 0 Å². The van der Waals surface area contributed by atoms with Crippen LogP contribution in [0.2, 0.25) is 0 Å². The highest BCUT2D eigenvalue weighted by Gasteiger charge is 2.19. The van der Waals surface area contributed by atoms with Gasteiger partial charge in [-0.2, -0.15) is 0 Å². The van der Waals surface area contributed by atoms with Gasteiger partial charge in [0.05, 0.1) is 10.6 Å². The van der Waals surface area contributed by atoms with E-state index in [-0.39, 0.29) is 10.8 Å². The number of anilines is 1. The fourth-order valence-electron chi connectivity index (χ4n) is 1.69. The number of nitrogens with zero attached hydrogens (tertiary/aromatic N) is 1. The predicted octanol–water partition coefficient (Wildman–Crippen LogP) is 1.37. The van der Waals surface area contributed by atoms with Gasteiger partial charge in [-0.15, -0.1) is 0 Å². The third-order valence-electron chi connectivity index (χ3n) is 2.88. The van der Waals surface area contributed by atoms with Crippen LogP contribution in [-0.2, 0) is 14.6 Å². The second kappa shape index (κ2) is 6.06. The Hall–Kier alpha value is -1.56. The van der Waals surface area contributed by atoms with E-state index in [1.54, 1.807) is 37.1 Å².